The van der Waals surface area contributed by atoms with Crippen LogP contribution in [0.3, 0.4) is 0 Å². The van der Waals surface area contributed by atoms with Crippen LogP contribution in [0.5, 0.6) is 5.75 Å². The maximum absolute atomic E-state index is 11.8. The van der Waals surface area contributed by atoms with Crippen LogP contribution in [0.4, 0.5) is 0 Å². The minimum Gasteiger partial charge on any atom is -0.482 e. The fraction of sp³-hybridized carbons (Fsp3) is 0.0526. The Morgan fingerprint density at radius 1 is 1.07 bits per heavy atom. The number of rotatable bonds is 6. The normalized spacial score (nSPS) is 10.9. The molecule has 1 heterocycles. The summed E-state index contributed by atoms with van der Waals surface area (Å²) >= 11 is 17.7. The zero-order valence-corrected chi connectivity index (χ0v) is 16.1. The van der Waals surface area contributed by atoms with Crippen molar-refractivity contribution in [3.63, 3.8) is 0 Å². The molecule has 0 radical (unpaired) electrons. The molecule has 0 aliphatic heterocycles. The second-order valence-electron chi connectivity index (χ2n) is 5.37. The molecule has 0 unspecified atom stereocenters. The van der Waals surface area contributed by atoms with E-state index >= 15 is 0 Å². The molecule has 0 aliphatic carbocycles. The number of amides is 1. The van der Waals surface area contributed by atoms with Gasteiger partial charge in [-0.05, 0) is 42.5 Å². The SMILES string of the molecule is O=C(COc1ccc(Cl)cc1Cl)N/N=C\c1ccc(-c2cccc(Cl)c2)o1. The summed E-state index contributed by atoms with van der Waals surface area (Å²) in [6.07, 6.45) is 1.39. The predicted molar refractivity (Wildman–Crippen MR) is 107 cm³/mol. The van der Waals surface area contributed by atoms with Crippen LogP contribution in [0.15, 0.2) is 64.1 Å². The van der Waals surface area contributed by atoms with Crippen molar-refractivity contribution in [2.75, 3.05) is 6.61 Å². The molecule has 1 amide bonds. The van der Waals surface area contributed by atoms with Crippen LogP contribution < -0.4 is 10.2 Å². The lowest BCUT2D eigenvalue weighted by Gasteiger charge is -2.06. The van der Waals surface area contributed by atoms with E-state index in [0.29, 0.717) is 32.3 Å². The molecular weight excluding hydrogens is 411 g/mol. The first-order valence-corrected chi connectivity index (χ1v) is 8.90. The third-order valence-electron chi connectivity index (χ3n) is 3.37. The number of hydrogen-bond donors (Lipinski definition) is 1. The lowest BCUT2D eigenvalue weighted by molar-refractivity contribution is -0.123. The number of carbonyl (C=O) groups excluding carboxylic acids is 1. The Morgan fingerprint density at radius 2 is 1.89 bits per heavy atom. The van der Waals surface area contributed by atoms with E-state index in [1.165, 1.54) is 12.3 Å². The number of nitrogens with zero attached hydrogens (tertiary/aromatic N) is 1. The maximum atomic E-state index is 11.8. The molecule has 0 spiro atoms. The van der Waals surface area contributed by atoms with Gasteiger partial charge in [0.05, 0.1) is 11.2 Å². The van der Waals surface area contributed by atoms with Gasteiger partial charge in [0.2, 0.25) is 0 Å². The molecule has 1 aromatic heterocycles. The van der Waals surface area contributed by atoms with E-state index in [9.17, 15) is 4.79 Å². The quantitative estimate of drug-likeness (QED) is 0.424. The lowest BCUT2D eigenvalue weighted by atomic mass is 10.2. The van der Waals surface area contributed by atoms with E-state index in [4.69, 9.17) is 44.0 Å². The van der Waals surface area contributed by atoms with Crippen molar-refractivity contribution in [2.45, 2.75) is 0 Å². The molecule has 0 saturated carbocycles. The van der Waals surface area contributed by atoms with Crippen molar-refractivity contribution in [3.05, 3.63) is 75.4 Å². The Labute approximate surface area is 170 Å². The first-order chi connectivity index (χ1) is 13.0. The van der Waals surface area contributed by atoms with Gasteiger partial charge in [0.1, 0.15) is 17.3 Å². The Hall–Kier alpha value is -2.47. The molecule has 0 saturated heterocycles. The van der Waals surface area contributed by atoms with Crippen LogP contribution in [-0.2, 0) is 4.79 Å². The van der Waals surface area contributed by atoms with Crippen molar-refractivity contribution >= 4 is 46.9 Å². The van der Waals surface area contributed by atoms with Crippen molar-refractivity contribution in [3.8, 4) is 17.1 Å². The van der Waals surface area contributed by atoms with Gasteiger partial charge in [-0.1, -0.05) is 46.9 Å². The number of furan rings is 1. The molecule has 0 bridgehead atoms. The van der Waals surface area contributed by atoms with Crippen LogP contribution in [0.2, 0.25) is 15.1 Å². The zero-order chi connectivity index (χ0) is 19.2. The summed E-state index contributed by atoms with van der Waals surface area (Å²) in [7, 11) is 0. The summed E-state index contributed by atoms with van der Waals surface area (Å²) in [5, 5.41) is 5.26. The minimum absolute atomic E-state index is 0.245. The number of hydrazone groups is 1. The van der Waals surface area contributed by atoms with Gasteiger partial charge < -0.3 is 9.15 Å². The Morgan fingerprint density at radius 3 is 2.67 bits per heavy atom. The van der Waals surface area contributed by atoms with Gasteiger partial charge in [-0.25, -0.2) is 5.43 Å². The highest BCUT2D eigenvalue weighted by Crippen LogP contribution is 2.27. The number of benzene rings is 2. The van der Waals surface area contributed by atoms with Gasteiger partial charge in [0.25, 0.3) is 5.91 Å². The minimum atomic E-state index is -0.445. The fourth-order valence-corrected chi connectivity index (χ4v) is 2.81. The first kappa shape index (κ1) is 19.3. The second-order valence-corrected chi connectivity index (χ2v) is 6.65. The molecule has 2 aromatic carbocycles. The van der Waals surface area contributed by atoms with E-state index < -0.39 is 5.91 Å². The topological polar surface area (TPSA) is 63.8 Å². The molecule has 3 aromatic rings. The molecular formula is C19H13Cl3N2O3. The van der Waals surface area contributed by atoms with E-state index in [2.05, 4.69) is 10.5 Å². The largest absolute Gasteiger partial charge is 0.482 e. The fourth-order valence-electron chi connectivity index (χ4n) is 2.15. The van der Waals surface area contributed by atoms with E-state index in [1.54, 1.807) is 36.4 Å². The Kier molecular flexibility index (Phi) is 6.40. The van der Waals surface area contributed by atoms with Gasteiger partial charge in [-0.15, -0.1) is 0 Å². The molecule has 0 atom stereocenters. The molecule has 0 fully saturated rings. The maximum Gasteiger partial charge on any atom is 0.277 e. The average Bonchev–Trinajstić information content (AvgIpc) is 3.10. The number of carbonyl (C=O) groups is 1. The Bertz CT molecular complexity index is 986. The van der Waals surface area contributed by atoms with Crippen LogP contribution in [0.1, 0.15) is 5.76 Å². The molecule has 0 aliphatic rings. The van der Waals surface area contributed by atoms with E-state index in [1.807, 2.05) is 12.1 Å². The monoisotopic (exact) mass is 422 g/mol. The van der Waals surface area contributed by atoms with Gasteiger partial charge in [0, 0.05) is 15.6 Å². The van der Waals surface area contributed by atoms with Crippen LogP contribution >= 0.6 is 34.8 Å². The third kappa shape index (κ3) is 5.50. The van der Waals surface area contributed by atoms with Gasteiger partial charge in [-0.2, -0.15) is 5.10 Å². The summed E-state index contributed by atoms with van der Waals surface area (Å²) in [6.45, 7) is -0.245. The second kappa shape index (κ2) is 8.95. The summed E-state index contributed by atoms with van der Waals surface area (Å²) in [5.74, 6) is 1.04. The summed E-state index contributed by atoms with van der Waals surface area (Å²) < 4.78 is 11.0. The van der Waals surface area contributed by atoms with E-state index in [0.717, 1.165) is 5.56 Å². The van der Waals surface area contributed by atoms with Crippen molar-refractivity contribution < 1.29 is 13.9 Å². The van der Waals surface area contributed by atoms with Gasteiger partial charge >= 0.3 is 0 Å². The van der Waals surface area contributed by atoms with Crippen molar-refractivity contribution in [1.29, 1.82) is 0 Å². The molecule has 8 heteroatoms. The van der Waals surface area contributed by atoms with Gasteiger partial charge in [0.15, 0.2) is 6.61 Å². The number of nitrogens with one attached hydrogen (secondary N) is 1. The highest BCUT2D eigenvalue weighted by molar-refractivity contribution is 6.35. The number of hydrogen-bond acceptors (Lipinski definition) is 4. The van der Waals surface area contributed by atoms with Crippen LogP contribution in [0.25, 0.3) is 11.3 Å². The van der Waals surface area contributed by atoms with Crippen molar-refractivity contribution in [1.82, 2.24) is 5.43 Å². The number of ether oxygens (including phenoxy) is 1. The summed E-state index contributed by atoms with van der Waals surface area (Å²) in [4.78, 5) is 11.8. The number of halogens is 3. The van der Waals surface area contributed by atoms with Crippen LogP contribution in [0, 0.1) is 0 Å². The first-order valence-electron chi connectivity index (χ1n) is 7.77. The standard InChI is InChI=1S/C19H13Cl3N2O3/c20-13-3-1-2-12(8-13)17-7-5-15(27-17)10-23-24-19(25)11-26-18-6-4-14(21)9-16(18)22/h1-10H,11H2,(H,24,25)/b23-10-. The molecule has 27 heavy (non-hydrogen) atoms. The highest BCUT2D eigenvalue weighted by Gasteiger charge is 2.07. The van der Waals surface area contributed by atoms with Gasteiger partial charge in [-0.3, -0.25) is 4.79 Å². The average molecular weight is 424 g/mol. The smallest absolute Gasteiger partial charge is 0.277 e. The summed E-state index contributed by atoms with van der Waals surface area (Å²) in [6, 6.07) is 15.6. The van der Waals surface area contributed by atoms with E-state index in [-0.39, 0.29) is 6.61 Å². The zero-order valence-electron chi connectivity index (χ0n) is 13.8. The lowest BCUT2D eigenvalue weighted by Crippen LogP contribution is -2.24. The Balaban J connectivity index is 1.52. The molecule has 3 rings (SSSR count). The van der Waals surface area contributed by atoms with Crippen molar-refractivity contribution in [2.24, 2.45) is 5.10 Å². The van der Waals surface area contributed by atoms with Crippen LogP contribution in [-0.4, -0.2) is 18.7 Å². The third-order valence-corrected chi connectivity index (χ3v) is 4.14. The molecule has 5 nitrogen and oxygen atoms in total. The summed E-state index contributed by atoms with van der Waals surface area (Å²) in [5.41, 5.74) is 3.19. The highest BCUT2D eigenvalue weighted by atomic mass is 35.5. The molecule has 1 N–H and O–H groups in total. The molecule has 138 valence electrons. The predicted octanol–water partition coefficient (Wildman–Crippen LogP) is 5.44.